The minimum absolute atomic E-state index is 0.00849. The number of rotatable bonds is 4. The van der Waals surface area contributed by atoms with Gasteiger partial charge < -0.3 is 4.98 Å². The van der Waals surface area contributed by atoms with E-state index in [0.717, 1.165) is 16.2 Å². The Morgan fingerprint density at radius 2 is 2.35 bits per heavy atom. The molecule has 0 atom stereocenters. The van der Waals surface area contributed by atoms with E-state index in [4.69, 9.17) is 0 Å². The van der Waals surface area contributed by atoms with Crippen LogP contribution in [0.2, 0.25) is 0 Å². The van der Waals surface area contributed by atoms with Crippen LogP contribution in [0.25, 0.3) is 11.0 Å². The Morgan fingerprint density at radius 3 is 3.10 bits per heavy atom. The Bertz CT molecular complexity index is 779. The molecule has 0 radical (unpaired) electrons. The minimum Gasteiger partial charge on any atom is -0.333 e. The number of hydrogen-bond acceptors (Lipinski definition) is 5. The first-order valence-electron chi connectivity index (χ1n) is 5.88. The van der Waals surface area contributed by atoms with Crippen molar-refractivity contribution in [3.63, 3.8) is 0 Å². The first-order valence-corrected chi connectivity index (χ1v) is 6.86. The Kier molecular flexibility index (Phi) is 3.15. The maximum atomic E-state index is 10.6. The number of thioether (sulfide) groups is 1. The summed E-state index contributed by atoms with van der Waals surface area (Å²) in [5.41, 5.74) is 3.05. The highest BCUT2D eigenvalue weighted by molar-refractivity contribution is 7.98. The van der Waals surface area contributed by atoms with Gasteiger partial charge in [0.05, 0.1) is 21.8 Å². The van der Waals surface area contributed by atoms with Crippen molar-refractivity contribution in [2.45, 2.75) is 18.0 Å². The van der Waals surface area contributed by atoms with E-state index in [2.05, 4.69) is 15.1 Å². The molecule has 7 nitrogen and oxygen atoms in total. The predicted octanol–water partition coefficient (Wildman–Crippen LogP) is 2.73. The Morgan fingerprint density at radius 1 is 1.50 bits per heavy atom. The van der Waals surface area contributed by atoms with Gasteiger partial charge in [-0.2, -0.15) is 5.10 Å². The summed E-state index contributed by atoms with van der Waals surface area (Å²) in [7, 11) is 0. The lowest BCUT2D eigenvalue weighted by molar-refractivity contribution is -0.385. The van der Waals surface area contributed by atoms with Gasteiger partial charge in [0.25, 0.3) is 0 Å². The third-order valence-electron chi connectivity index (χ3n) is 2.78. The van der Waals surface area contributed by atoms with E-state index in [-0.39, 0.29) is 5.69 Å². The zero-order valence-corrected chi connectivity index (χ0v) is 11.4. The number of nitrogens with zero attached hydrogens (tertiary/aromatic N) is 4. The number of aryl methyl sites for hydroxylation is 1. The molecule has 0 saturated heterocycles. The van der Waals surface area contributed by atoms with Crippen molar-refractivity contribution in [2.75, 3.05) is 0 Å². The van der Waals surface area contributed by atoms with Crippen molar-refractivity contribution in [1.82, 2.24) is 19.7 Å². The maximum Gasteiger partial charge on any atom is 0.307 e. The van der Waals surface area contributed by atoms with Gasteiger partial charge in [0, 0.05) is 0 Å². The summed E-state index contributed by atoms with van der Waals surface area (Å²) in [6.07, 6.45) is 2.64. The summed E-state index contributed by atoms with van der Waals surface area (Å²) in [4.78, 5) is 17.8. The molecular formula is C12H11N5O2S. The summed E-state index contributed by atoms with van der Waals surface area (Å²) in [6.45, 7) is 2.02. The van der Waals surface area contributed by atoms with Crippen molar-refractivity contribution in [3.05, 3.63) is 46.3 Å². The second-order valence-electron chi connectivity index (χ2n) is 4.33. The molecule has 2 aromatic heterocycles. The van der Waals surface area contributed by atoms with Crippen LogP contribution in [0, 0.1) is 17.0 Å². The van der Waals surface area contributed by atoms with E-state index in [1.54, 1.807) is 0 Å². The zero-order valence-electron chi connectivity index (χ0n) is 10.6. The van der Waals surface area contributed by atoms with Gasteiger partial charge in [0.15, 0.2) is 5.16 Å². The molecule has 3 rings (SSSR count). The summed E-state index contributed by atoms with van der Waals surface area (Å²) in [5, 5.41) is 15.3. The molecule has 1 N–H and O–H groups in total. The number of benzene rings is 1. The van der Waals surface area contributed by atoms with E-state index in [0.29, 0.717) is 5.88 Å². The van der Waals surface area contributed by atoms with Crippen LogP contribution in [0.4, 0.5) is 5.69 Å². The predicted molar refractivity (Wildman–Crippen MR) is 75.6 cm³/mol. The number of imidazole rings is 1. The van der Waals surface area contributed by atoms with E-state index in [1.807, 2.05) is 25.1 Å². The van der Waals surface area contributed by atoms with Crippen LogP contribution in [0.1, 0.15) is 5.56 Å². The van der Waals surface area contributed by atoms with Crippen LogP contribution in [-0.4, -0.2) is 24.7 Å². The number of aromatic amines is 1. The molecular weight excluding hydrogens is 278 g/mol. The highest BCUT2D eigenvalue weighted by atomic mass is 32.2. The average Bonchev–Trinajstić information content (AvgIpc) is 3.01. The molecule has 1 aromatic carbocycles. The fraction of sp³-hybridized carbons (Fsp3) is 0.167. The van der Waals surface area contributed by atoms with Crippen molar-refractivity contribution >= 4 is 28.5 Å². The molecule has 0 amide bonds. The molecule has 2 heterocycles. The molecule has 0 unspecified atom stereocenters. The fourth-order valence-corrected chi connectivity index (χ4v) is 2.55. The Labute approximate surface area is 118 Å². The third kappa shape index (κ3) is 2.50. The Hall–Kier alpha value is -2.35. The summed E-state index contributed by atoms with van der Waals surface area (Å²) < 4.78 is 1.52. The summed E-state index contributed by atoms with van der Waals surface area (Å²) >= 11 is 1.44. The molecule has 8 heteroatoms. The molecule has 102 valence electrons. The molecule has 0 saturated carbocycles. The second kappa shape index (κ2) is 4.97. The first kappa shape index (κ1) is 12.7. The monoisotopic (exact) mass is 289 g/mol. The highest BCUT2D eigenvalue weighted by Gasteiger charge is 2.09. The van der Waals surface area contributed by atoms with E-state index < -0.39 is 4.92 Å². The second-order valence-corrected chi connectivity index (χ2v) is 5.26. The van der Waals surface area contributed by atoms with Crippen LogP contribution < -0.4 is 0 Å². The largest absolute Gasteiger partial charge is 0.333 e. The van der Waals surface area contributed by atoms with Gasteiger partial charge in [0.2, 0.25) is 0 Å². The molecule has 0 aliphatic rings. The lowest BCUT2D eigenvalue weighted by Crippen LogP contribution is -1.94. The molecule has 0 aliphatic heterocycles. The van der Waals surface area contributed by atoms with E-state index >= 15 is 0 Å². The molecule has 0 bridgehead atoms. The van der Waals surface area contributed by atoms with Gasteiger partial charge in [0.1, 0.15) is 12.4 Å². The SMILES string of the molecule is Cc1ccc2nc(SCn3cc([N+](=O)[O-])cn3)[nH]c2c1. The lowest BCUT2D eigenvalue weighted by atomic mass is 10.2. The summed E-state index contributed by atoms with van der Waals surface area (Å²) in [6, 6.07) is 6.00. The van der Waals surface area contributed by atoms with Crippen LogP contribution in [0.15, 0.2) is 35.7 Å². The quantitative estimate of drug-likeness (QED) is 0.453. The third-order valence-corrected chi connectivity index (χ3v) is 3.64. The normalized spacial score (nSPS) is 11.1. The van der Waals surface area contributed by atoms with Gasteiger partial charge in [-0.15, -0.1) is 0 Å². The molecule has 0 fully saturated rings. The zero-order chi connectivity index (χ0) is 14.1. The number of fused-ring (bicyclic) bond motifs is 1. The number of hydrogen-bond donors (Lipinski definition) is 1. The summed E-state index contributed by atoms with van der Waals surface area (Å²) in [5.74, 6) is 0.465. The minimum atomic E-state index is -0.460. The standard InChI is InChI=1S/C12H11N5O2S/c1-8-2-3-10-11(4-8)15-12(14-10)20-7-16-6-9(5-13-16)17(18)19/h2-6H,7H2,1H3,(H,14,15). The molecule has 20 heavy (non-hydrogen) atoms. The lowest BCUT2D eigenvalue weighted by Gasteiger charge is -1.96. The van der Waals surface area contributed by atoms with Gasteiger partial charge >= 0.3 is 5.69 Å². The fourth-order valence-electron chi connectivity index (χ4n) is 1.81. The first-order chi connectivity index (χ1) is 9.61. The molecule has 3 aromatic rings. The number of nitrogens with one attached hydrogen (secondary N) is 1. The maximum absolute atomic E-state index is 10.6. The molecule has 0 aliphatic carbocycles. The Balaban J connectivity index is 1.74. The smallest absolute Gasteiger partial charge is 0.307 e. The van der Waals surface area contributed by atoms with Gasteiger partial charge in [-0.1, -0.05) is 17.8 Å². The van der Waals surface area contributed by atoms with Crippen LogP contribution in [0.5, 0.6) is 0 Å². The van der Waals surface area contributed by atoms with Crippen LogP contribution in [0.3, 0.4) is 0 Å². The van der Waals surface area contributed by atoms with Gasteiger partial charge in [-0.3, -0.25) is 14.8 Å². The number of H-pyrrole nitrogens is 1. The average molecular weight is 289 g/mol. The van der Waals surface area contributed by atoms with Crippen molar-refractivity contribution in [3.8, 4) is 0 Å². The highest BCUT2D eigenvalue weighted by Crippen LogP contribution is 2.22. The van der Waals surface area contributed by atoms with E-state index in [9.17, 15) is 10.1 Å². The van der Waals surface area contributed by atoms with Crippen molar-refractivity contribution < 1.29 is 4.92 Å². The van der Waals surface area contributed by atoms with Gasteiger partial charge in [-0.25, -0.2) is 4.98 Å². The molecule has 0 spiro atoms. The van der Waals surface area contributed by atoms with Crippen LogP contribution in [-0.2, 0) is 5.88 Å². The van der Waals surface area contributed by atoms with E-state index in [1.165, 1.54) is 34.4 Å². The van der Waals surface area contributed by atoms with Crippen molar-refractivity contribution in [2.24, 2.45) is 0 Å². The van der Waals surface area contributed by atoms with Crippen LogP contribution >= 0.6 is 11.8 Å². The number of nitro groups is 1. The van der Waals surface area contributed by atoms with Crippen molar-refractivity contribution in [1.29, 1.82) is 0 Å². The van der Waals surface area contributed by atoms with Gasteiger partial charge in [-0.05, 0) is 24.6 Å². The topological polar surface area (TPSA) is 89.6 Å². The number of aromatic nitrogens is 4.